The van der Waals surface area contributed by atoms with Crippen LogP contribution in [0.2, 0.25) is 0 Å². The van der Waals surface area contributed by atoms with Crippen LogP contribution < -0.4 is 5.32 Å². The molecule has 1 unspecified atom stereocenters. The molecule has 0 aliphatic rings. The summed E-state index contributed by atoms with van der Waals surface area (Å²) in [6, 6.07) is 7.45. The fourth-order valence-electron chi connectivity index (χ4n) is 2.05. The number of pyridine rings is 1. The minimum atomic E-state index is -0.970. The van der Waals surface area contributed by atoms with Crippen molar-refractivity contribution in [3.05, 3.63) is 36.0 Å². The van der Waals surface area contributed by atoms with E-state index in [9.17, 15) is 9.90 Å². The number of aromatic nitrogens is 1. The zero-order valence-corrected chi connectivity index (χ0v) is 11.6. The van der Waals surface area contributed by atoms with Crippen molar-refractivity contribution in [3.8, 4) is 0 Å². The molecule has 2 aromatic rings. The predicted molar refractivity (Wildman–Crippen MR) is 78.3 cm³/mol. The molecule has 0 radical (unpaired) electrons. The van der Waals surface area contributed by atoms with Crippen molar-refractivity contribution in [2.75, 3.05) is 18.5 Å². The van der Waals surface area contributed by atoms with Crippen molar-refractivity contribution >= 4 is 22.6 Å². The van der Waals surface area contributed by atoms with Gasteiger partial charge in [0.25, 0.3) is 0 Å². The topological polar surface area (TPSA) is 71.5 Å². The van der Waals surface area contributed by atoms with Gasteiger partial charge in [-0.1, -0.05) is 24.3 Å². The van der Waals surface area contributed by atoms with E-state index in [1.54, 1.807) is 6.07 Å². The Morgan fingerprint density at radius 1 is 1.40 bits per heavy atom. The second kappa shape index (κ2) is 6.34. The third-order valence-electron chi connectivity index (χ3n) is 2.98. The van der Waals surface area contributed by atoms with Crippen LogP contribution in [-0.2, 0) is 4.74 Å². The van der Waals surface area contributed by atoms with Gasteiger partial charge in [0.05, 0.1) is 12.2 Å². The largest absolute Gasteiger partial charge is 0.478 e. The molecule has 0 saturated heterocycles. The standard InChI is InChI=1S/C15H18N2O3/c1-3-20-9-10(2)17-14-12-7-5-4-6-11(12)13(8-16-14)15(18)19/h4-8,10H,3,9H2,1-2H3,(H,16,17)(H,18,19). The number of anilines is 1. The number of hydrogen-bond donors (Lipinski definition) is 2. The van der Waals surface area contributed by atoms with Gasteiger partial charge in [0.15, 0.2) is 0 Å². The lowest BCUT2D eigenvalue weighted by Gasteiger charge is -2.16. The molecule has 0 fully saturated rings. The van der Waals surface area contributed by atoms with Crippen LogP contribution in [0.4, 0.5) is 5.82 Å². The summed E-state index contributed by atoms with van der Waals surface area (Å²) in [5, 5.41) is 13.9. The van der Waals surface area contributed by atoms with Crippen LogP contribution >= 0.6 is 0 Å². The number of nitrogens with one attached hydrogen (secondary N) is 1. The molecule has 0 bridgehead atoms. The summed E-state index contributed by atoms with van der Waals surface area (Å²) in [5.74, 6) is -0.291. The smallest absolute Gasteiger partial charge is 0.337 e. The van der Waals surface area contributed by atoms with E-state index in [0.717, 1.165) is 5.39 Å². The summed E-state index contributed by atoms with van der Waals surface area (Å²) < 4.78 is 5.36. The molecule has 1 aromatic heterocycles. The average molecular weight is 274 g/mol. The van der Waals surface area contributed by atoms with Gasteiger partial charge in [0.2, 0.25) is 0 Å². The first-order valence-corrected chi connectivity index (χ1v) is 6.58. The third-order valence-corrected chi connectivity index (χ3v) is 2.98. The number of aromatic carboxylic acids is 1. The molecule has 1 atom stereocenters. The maximum absolute atomic E-state index is 11.2. The maximum atomic E-state index is 11.2. The first-order chi connectivity index (χ1) is 9.63. The van der Waals surface area contributed by atoms with Gasteiger partial charge < -0.3 is 15.2 Å². The number of carbonyl (C=O) groups is 1. The highest BCUT2D eigenvalue weighted by Gasteiger charge is 2.13. The first kappa shape index (κ1) is 14.3. The zero-order chi connectivity index (χ0) is 14.5. The Balaban J connectivity index is 2.35. The molecular formula is C15H18N2O3. The quantitative estimate of drug-likeness (QED) is 0.847. The van der Waals surface area contributed by atoms with Crippen LogP contribution in [0, 0.1) is 0 Å². The van der Waals surface area contributed by atoms with Gasteiger partial charge in [-0.2, -0.15) is 0 Å². The lowest BCUT2D eigenvalue weighted by molar-refractivity contribution is 0.0698. The number of carboxylic acid groups (broad SMARTS) is 1. The molecule has 5 heteroatoms. The lowest BCUT2D eigenvalue weighted by atomic mass is 10.1. The molecule has 1 heterocycles. The van der Waals surface area contributed by atoms with Crippen molar-refractivity contribution < 1.29 is 14.6 Å². The summed E-state index contributed by atoms with van der Waals surface area (Å²) in [4.78, 5) is 15.4. The Kier molecular flexibility index (Phi) is 4.53. The van der Waals surface area contributed by atoms with Crippen LogP contribution in [0.3, 0.4) is 0 Å². The van der Waals surface area contributed by atoms with Crippen molar-refractivity contribution in [1.29, 1.82) is 0 Å². The van der Waals surface area contributed by atoms with Crippen LogP contribution in [0.25, 0.3) is 10.8 Å². The van der Waals surface area contributed by atoms with E-state index in [1.165, 1.54) is 6.20 Å². The molecule has 0 saturated carbocycles. The molecule has 5 nitrogen and oxygen atoms in total. The number of carboxylic acids is 1. The number of nitrogens with zero attached hydrogens (tertiary/aromatic N) is 1. The molecule has 0 aliphatic carbocycles. The Labute approximate surface area is 117 Å². The van der Waals surface area contributed by atoms with Gasteiger partial charge in [0, 0.05) is 29.6 Å². The van der Waals surface area contributed by atoms with E-state index in [4.69, 9.17) is 4.74 Å². The van der Waals surface area contributed by atoms with Gasteiger partial charge in [-0.25, -0.2) is 9.78 Å². The number of hydrogen-bond acceptors (Lipinski definition) is 4. The van der Waals surface area contributed by atoms with E-state index in [2.05, 4.69) is 10.3 Å². The summed E-state index contributed by atoms with van der Waals surface area (Å²) in [6.07, 6.45) is 1.39. The summed E-state index contributed by atoms with van der Waals surface area (Å²) in [6.45, 7) is 5.19. The number of rotatable bonds is 6. The van der Waals surface area contributed by atoms with E-state index < -0.39 is 5.97 Å². The molecule has 0 spiro atoms. The van der Waals surface area contributed by atoms with Gasteiger partial charge in [-0.15, -0.1) is 0 Å². The highest BCUT2D eigenvalue weighted by Crippen LogP contribution is 2.24. The van der Waals surface area contributed by atoms with E-state index in [-0.39, 0.29) is 11.6 Å². The van der Waals surface area contributed by atoms with E-state index >= 15 is 0 Å². The monoisotopic (exact) mass is 274 g/mol. The number of fused-ring (bicyclic) bond motifs is 1. The highest BCUT2D eigenvalue weighted by atomic mass is 16.5. The van der Waals surface area contributed by atoms with Gasteiger partial charge in [0.1, 0.15) is 5.82 Å². The molecule has 0 amide bonds. The van der Waals surface area contributed by atoms with Crippen molar-refractivity contribution in [3.63, 3.8) is 0 Å². The Hall–Kier alpha value is -2.14. The normalized spacial score (nSPS) is 12.3. The van der Waals surface area contributed by atoms with E-state index in [1.807, 2.05) is 32.0 Å². The molecule has 1 aromatic carbocycles. The fraction of sp³-hybridized carbons (Fsp3) is 0.333. The molecule has 20 heavy (non-hydrogen) atoms. The predicted octanol–water partition coefficient (Wildman–Crippen LogP) is 2.77. The van der Waals surface area contributed by atoms with Gasteiger partial charge in [-0.05, 0) is 13.8 Å². The Bertz CT molecular complexity index is 613. The fourth-order valence-corrected chi connectivity index (χ4v) is 2.05. The minimum absolute atomic E-state index is 0.0986. The van der Waals surface area contributed by atoms with Crippen LogP contribution in [0.1, 0.15) is 24.2 Å². The third kappa shape index (κ3) is 3.05. The average Bonchev–Trinajstić information content (AvgIpc) is 2.45. The van der Waals surface area contributed by atoms with Crippen LogP contribution in [0.5, 0.6) is 0 Å². The Morgan fingerprint density at radius 2 is 2.10 bits per heavy atom. The number of benzene rings is 1. The first-order valence-electron chi connectivity index (χ1n) is 6.58. The molecule has 106 valence electrons. The lowest BCUT2D eigenvalue weighted by Crippen LogP contribution is -2.22. The minimum Gasteiger partial charge on any atom is -0.478 e. The van der Waals surface area contributed by atoms with Crippen molar-refractivity contribution in [1.82, 2.24) is 4.98 Å². The second-order valence-corrected chi connectivity index (χ2v) is 4.58. The van der Waals surface area contributed by atoms with Gasteiger partial charge >= 0.3 is 5.97 Å². The van der Waals surface area contributed by atoms with Crippen LogP contribution in [0.15, 0.2) is 30.5 Å². The zero-order valence-electron chi connectivity index (χ0n) is 11.6. The molecule has 0 aliphatic heterocycles. The maximum Gasteiger partial charge on any atom is 0.337 e. The van der Waals surface area contributed by atoms with Gasteiger partial charge in [-0.3, -0.25) is 0 Å². The molecule has 2 rings (SSSR count). The van der Waals surface area contributed by atoms with E-state index in [0.29, 0.717) is 24.4 Å². The second-order valence-electron chi connectivity index (χ2n) is 4.58. The summed E-state index contributed by atoms with van der Waals surface area (Å²) in [7, 11) is 0. The van der Waals surface area contributed by atoms with Crippen molar-refractivity contribution in [2.24, 2.45) is 0 Å². The Morgan fingerprint density at radius 3 is 2.75 bits per heavy atom. The highest BCUT2D eigenvalue weighted by molar-refractivity contribution is 6.06. The summed E-state index contributed by atoms with van der Waals surface area (Å²) in [5.41, 5.74) is 0.212. The SMILES string of the molecule is CCOCC(C)Nc1ncc(C(=O)O)c2ccccc12. The summed E-state index contributed by atoms with van der Waals surface area (Å²) >= 11 is 0. The number of ether oxygens (including phenoxy) is 1. The van der Waals surface area contributed by atoms with Crippen LogP contribution in [-0.4, -0.2) is 35.3 Å². The van der Waals surface area contributed by atoms with Crippen molar-refractivity contribution in [2.45, 2.75) is 19.9 Å². The molecule has 2 N–H and O–H groups in total. The molecular weight excluding hydrogens is 256 g/mol.